The van der Waals surface area contributed by atoms with Gasteiger partial charge in [-0.1, -0.05) is 23.7 Å². The number of aryl methyl sites for hydroxylation is 1. The molecule has 13 heteroatoms. The van der Waals surface area contributed by atoms with Gasteiger partial charge in [-0.3, -0.25) is 0 Å². The standard InChI is InChI=1S/C20H22ClF3N6O2S/c1-10-5-6-11(7-15(10)33(31,32)30-19(2,3)4)16-13(20(22,23)24)8-12(9-14(16)21)26-18-27-17(25)28-29-18/h5-9,30H,1-4H3,(H4,25,26,27,28,29). The lowest BCUT2D eigenvalue weighted by Crippen LogP contribution is -2.40. The number of alkyl halides is 3. The lowest BCUT2D eigenvalue weighted by Gasteiger charge is -2.22. The monoisotopic (exact) mass is 502 g/mol. The number of nitrogens with zero attached hydrogens (tertiary/aromatic N) is 2. The molecule has 0 radical (unpaired) electrons. The fourth-order valence-electron chi connectivity index (χ4n) is 3.16. The van der Waals surface area contributed by atoms with Crippen LogP contribution in [-0.2, 0) is 16.2 Å². The summed E-state index contributed by atoms with van der Waals surface area (Å²) in [6.07, 6.45) is -4.79. The van der Waals surface area contributed by atoms with Crippen molar-refractivity contribution in [2.45, 2.75) is 44.3 Å². The molecular formula is C20H22ClF3N6O2S. The molecule has 33 heavy (non-hydrogen) atoms. The van der Waals surface area contributed by atoms with Crippen molar-refractivity contribution >= 4 is 39.2 Å². The number of nitrogens with two attached hydrogens (primary N) is 1. The topological polar surface area (TPSA) is 126 Å². The second kappa shape index (κ2) is 8.50. The number of aromatic amines is 1. The van der Waals surface area contributed by atoms with Crippen LogP contribution in [0.2, 0.25) is 5.02 Å². The van der Waals surface area contributed by atoms with E-state index in [1.165, 1.54) is 24.3 Å². The van der Waals surface area contributed by atoms with Crippen LogP contribution in [0.5, 0.6) is 0 Å². The summed E-state index contributed by atoms with van der Waals surface area (Å²) in [5.74, 6) is -0.0602. The maximum Gasteiger partial charge on any atom is 0.417 e. The van der Waals surface area contributed by atoms with Crippen LogP contribution in [-0.4, -0.2) is 29.1 Å². The molecule has 0 spiro atoms. The van der Waals surface area contributed by atoms with E-state index < -0.39 is 27.3 Å². The van der Waals surface area contributed by atoms with Crippen molar-refractivity contribution < 1.29 is 21.6 Å². The maximum atomic E-state index is 14.0. The van der Waals surface area contributed by atoms with Gasteiger partial charge in [-0.05, 0) is 57.0 Å². The van der Waals surface area contributed by atoms with Gasteiger partial charge in [0.2, 0.25) is 21.9 Å². The molecule has 5 N–H and O–H groups in total. The first-order valence-electron chi connectivity index (χ1n) is 9.57. The summed E-state index contributed by atoms with van der Waals surface area (Å²) >= 11 is 6.28. The van der Waals surface area contributed by atoms with Crippen molar-refractivity contribution in [3.8, 4) is 11.1 Å². The summed E-state index contributed by atoms with van der Waals surface area (Å²) in [7, 11) is -4.01. The third-order valence-corrected chi connectivity index (χ3v) is 6.56. The maximum absolute atomic E-state index is 14.0. The van der Waals surface area contributed by atoms with Crippen molar-refractivity contribution in [1.29, 1.82) is 0 Å². The highest BCUT2D eigenvalue weighted by Gasteiger charge is 2.36. The van der Waals surface area contributed by atoms with Crippen LogP contribution in [0.15, 0.2) is 35.2 Å². The van der Waals surface area contributed by atoms with Crippen LogP contribution >= 0.6 is 11.6 Å². The number of aromatic nitrogens is 3. The highest BCUT2D eigenvalue weighted by atomic mass is 35.5. The molecular weight excluding hydrogens is 481 g/mol. The summed E-state index contributed by atoms with van der Waals surface area (Å²) in [5, 5.41) is 8.44. The average molecular weight is 503 g/mol. The Bertz CT molecular complexity index is 1300. The Morgan fingerprint density at radius 1 is 1.12 bits per heavy atom. The molecule has 0 unspecified atom stereocenters. The number of rotatable bonds is 5. The molecule has 0 aliphatic carbocycles. The Morgan fingerprint density at radius 3 is 2.33 bits per heavy atom. The van der Waals surface area contributed by atoms with E-state index in [0.717, 1.165) is 6.07 Å². The zero-order valence-electron chi connectivity index (χ0n) is 18.1. The Morgan fingerprint density at radius 2 is 1.79 bits per heavy atom. The van der Waals surface area contributed by atoms with E-state index in [9.17, 15) is 21.6 Å². The molecule has 178 valence electrons. The molecule has 2 aromatic carbocycles. The van der Waals surface area contributed by atoms with Gasteiger partial charge in [0.15, 0.2) is 0 Å². The van der Waals surface area contributed by atoms with Crippen molar-refractivity contribution in [2.75, 3.05) is 11.1 Å². The Labute approximate surface area is 193 Å². The lowest BCUT2D eigenvalue weighted by atomic mass is 9.97. The molecule has 8 nitrogen and oxygen atoms in total. The smallest absolute Gasteiger partial charge is 0.368 e. The predicted molar refractivity (Wildman–Crippen MR) is 121 cm³/mol. The first-order valence-corrected chi connectivity index (χ1v) is 11.4. The van der Waals surface area contributed by atoms with Gasteiger partial charge in [0, 0.05) is 16.8 Å². The van der Waals surface area contributed by atoms with Crippen LogP contribution in [0.4, 0.5) is 30.8 Å². The highest BCUT2D eigenvalue weighted by molar-refractivity contribution is 7.89. The molecule has 0 saturated carbocycles. The molecule has 0 atom stereocenters. The number of halogens is 4. The number of nitrogens with one attached hydrogen (secondary N) is 3. The van der Waals surface area contributed by atoms with E-state index in [1.807, 2.05) is 0 Å². The number of sulfonamides is 1. The fourth-order valence-corrected chi connectivity index (χ4v) is 5.18. The average Bonchev–Trinajstić information content (AvgIpc) is 3.04. The number of hydrogen-bond donors (Lipinski definition) is 4. The Kier molecular flexibility index (Phi) is 6.39. The number of benzene rings is 2. The van der Waals surface area contributed by atoms with Gasteiger partial charge in [-0.2, -0.15) is 18.2 Å². The summed E-state index contributed by atoms with van der Waals surface area (Å²) in [4.78, 5) is 3.65. The molecule has 3 aromatic rings. The van der Waals surface area contributed by atoms with E-state index in [4.69, 9.17) is 17.3 Å². The van der Waals surface area contributed by atoms with Gasteiger partial charge < -0.3 is 11.1 Å². The second-order valence-electron chi connectivity index (χ2n) is 8.38. The fraction of sp³-hybridized carbons (Fsp3) is 0.300. The second-order valence-corrected chi connectivity index (χ2v) is 10.4. The number of hydrogen-bond acceptors (Lipinski definition) is 6. The Balaban J connectivity index is 2.16. The minimum absolute atomic E-state index is 0.000832. The van der Waals surface area contributed by atoms with Gasteiger partial charge in [-0.15, -0.1) is 5.10 Å². The van der Waals surface area contributed by atoms with Gasteiger partial charge in [0.25, 0.3) is 0 Å². The molecule has 0 aliphatic rings. The van der Waals surface area contributed by atoms with Crippen molar-refractivity contribution in [3.63, 3.8) is 0 Å². The zero-order valence-corrected chi connectivity index (χ0v) is 19.7. The third kappa shape index (κ3) is 5.75. The molecule has 1 heterocycles. The van der Waals surface area contributed by atoms with Crippen LogP contribution in [0.3, 0.4) is 0 Å². The van der Waals surface area contributed by atoms with Gasteiger partial charge in [0.05, 0.1) is 15.5 Å². The van der Waals surface area contributed by atoms with Gasteiger partial charge in [0.1, 0.15) is 0 Å². The van der Waals surface area contributed by atoms with E-state index in [1.54, 1.807) is 27.7 Å². The highest BCUT2D eigenvalue weighted by Crippen LogP contribution is 2.43. The molecule has 0 saturated heterocycles. The van der Waals surface area contributed by atoms with E-state index >= 15 is 0 Å². The number of nitrogen functional groups attached to an aromatic ring is 1. The summed E-state index contributed by atoms with van der Waals surface area (Å²) in [6, 6.07) is 6.12. The van der Waals surface area contributed by atoms with E-state index in [0.29, 0.717) is 5.56 Å². The third-order valence-electron chi connectivity index (χ3n) is 4.36. The summed E-state index contributed by atoms with van der Waals surface area (Å²) in [6.45, 7) is 6.55. The zero-order chi connectivity index (χ0) is 24.8. The quantitative estimate of drug-likeness (QED) is 0.395. The summed E-state index contributed by atoms with van der Waals surface area (Å²) in [5.41, 5.74) is 3.59. The van der Waals surface area contributed by atoms with Crippen LogP contribution in [0.1, 0.15) is 31.9 Å². The predicted octanol–water partition coefficient (Wildman–Crippen LogP) is 4.85. The first-order chi connectivity index (χ1) is 15.1. The van der Waals surface area contributed by atoms with Crippen molar-refractivity contribution in [3.05, 3.63) is 46.5 Å². The van der Waals surface area contributed by atoms with Crippen molar-refractivity contribution in [1.82, 2.24) is 19.9 Å². The van der Waals surface area contributed by atoms with E-state index in [-0.39, 0.29) is 38.6 Å². The molecule has 3 rings (SSSR count). The number of anilines is 3. The largest absolute Gasteiger partial charge is 0.417 e. The minimum atomic E-state index is -4.79. The van der Waals surface area contributed by atoms with Crippen LogP contribution in [0, 0.1) is 6.92 Å². The van der Waals surface area contributed by atoms with Crippen LogP contribution in [0.25, 0.3) is 11.1 Å². The SMILES string of the molecule is Cc1ccc(-c2c(Cl)cc(Nc3n[nH]c(N)n3)cc2C(F)(F)F)cc1S(=O)(=O)NC(C)(C)C. The normalized spacial score (nSPS) is 12.7. The lowest BCUT2D eigenvalue weighted by molar-refractivity contribution is -0.137. The molecule has 0 amide bonds. The molecule has 0 aliphatic heterocycles. The summed E-state index contributed by atoms with van der Waals surface area (Å²) < 4.78 is 70.3. The molecule has 0 bridgehead atoms. The van der Waals surface area contributed by atoms with Gasteiger partial charge >= 0.3 is 6.18 Å². The Hall–Kier alpha value is -2.83. The van der Waals surface area contributed by atoms with Gasteiger partial charge in [-0.25, -0.2) is 18.2 Å². The molecule has 0 fully saturated rings. The van der Waals surface area contributed by atoms with Crippen LogP contribution < -0.4 is 15.8 Å². The molecule has 1 aromatic heterocycles. The van der Waals surface area contributed by atoms with Crippen molar-refractivity contribution in [2.24, 2.45) is 0 Å². The number of H-pyrrole nitrogens is 1. The first kappa shape index (κ1) is 24.8. The van der Waals surface area contributed by atoms with E-state index in [2.05, 4.69) is 25.2 Å². The minimum Gasteiger partial charge on any atom is -0.368 e.